The SMILES string of the molecule is Cn1c(=O)n(C)c2cc(S(=O)(=O)CC(=O)Nc3ccccc3F)ccc21. The lowest BCUT2D eigenvalue weighted by atomic mass is 10.3. The van der Waals surface area contributed by atoms with Gasteiger partial charge in [-0.05, 0) is 30.3 Å². The Morgan fingerprint density at radius 1 is 1.08 bits per heavy atom. The van der Waals surface area contributed by atoms with Crippen molar-refractivity contribution in [3.05, 3.63) is 58.8 Å². The van der Waals surface area contributed by atoms with Crippen LogP contribution in [0.4, 0.5) is 10.1 Å². The second-order valence-corrected chi connectivity index (χ2v) is 7.83. The van der Waals surface area contributed by atoms with Gasteiger partial charge < -0.3 is 5.32 Å². The van der Waals surface area contributed by atoms with Crippen molar-refractivity contribution in [3.8, 4) is 0 Å². The molecule has 0 aliphatic rings. The van der Waals surface area contributed by atoms with Crippen LogP contribution in [-0.2, 0) is 28.7 Å². The van der Waals surface area contributed by atoms with Gasteiger partial charge in [0.15, 0.2) is 9.84 Å². The zero-order valence-electron chi connectivity index (χ0n) is 14.1. The van der Waals surface area contributed by atoms with E-state index in [0.717, 1.165) is 6.07 Å². The number of nitrogens with zero attached hydrogens (tertiary/aromatic N) is 2. The summed E-state index contributed by atoms with van der Waals surface area (Å²) >= 11 is 0. The van der Waals surface area contributed by atoms with Gasteiger partial charge in [-0.2, -0.15) is 0 Å². The number of anilines is 1. The average Bonchev–Trinajstić information content (AvgIpc) is 2.81. The largest absolute Gasteiger partial charge is 0.328 e. The van der Waals surface area contributed by atoms with Gasteiger partial charge in [0.25, 0.3) is 0 Å². The van der Waals surface area contributed by atoms with Crippen molar-refractivity contribution >= 4 is 32.5 Å². The number of rotatable bonds is 4. The van der Waals surface area contributed by atoms with E-state index in [1.54, 1.807) is 7.05 Å². The number of benzene rings is 2. The molecule has 1 amide bonds. The number of sulfone groups is 1. The fourth-order valence-corrected chi connectivity index (χ4v) is 3.84. The number of para-hydroxylation sites is 1. The Labute approximate surface area is 148 Å². The number of nitrogens with one attached hydrogen (secondary N) is 1. The van der Waals surface area contributed by atoms with Crippen LogP contribution in [0.25, 0.3) is 11.0 Å². The van der Waals surface area contributed by atoms with Crippen LogP contribution in [0.1, 0.15) is 0 Å². The normalized spacial score (nSPS) is 11.7. The summed E-state index contributed by atoms with van der Waals surface area (Å²) in [6, 6.07) is 9.69. The zero-order valence-corrected chi connectivity index (χ0v) is 14.9. The summed E-state index contributed by atoms with van der Waals surface area (Å²) < 4.78 is 41.3. The predicted molar refractivity (Wildman–Crippen MR) is 95.2 cm³/mol. The van der Waals surface area contributed by atoms with E-state index in [1.807, 2.05) is 0 Å². The molecule has 0 spiro atoms. The summed E-state index contributed by atoms with van der Waals surface area (Å²) in [5.41, 5.74) is 0.640. The first-order chi connectivity index (χ1) is 12.2. The molecule has 0 aliphatic heterocycles. The highest BCUT2D eigenvalue weighted by atomic mass is 32.2. The minimum absolute atomic E-state index is 0.0881. The Kier molecular flexibility index (Phi) is 4.41. The van der Waals surface area contributed by atoms with Crippen LogP contribution in [0.3, 0.4) is 0 Å². The molecule has 0 unspecified atom stereocenters. The van der Waals surface area contributed by atoms with Gasteiger partial charge in [-0.15, -0.1) is 0 Å². The molecule has 0 saturated carbocycles. The standard InChI is InChI=1S/C17H16FN3O4S/c1-20-14-8-7-11(9-15(14)21(2)17(20)23)26(24,25)10-16(22)19-13-6-4-3-5-12(13)18/h3-9H,10H2,1-2H3,(H,19,22). The first kappa shape index (κ1) is 17.9. The van der Waals surface area contributed by atoms with Gasteiger partial charge in [0.05, 0.1) is 21.6 Å². The van der Waals surface area contributed by atoms with E-state index in [9.17, 15) is 22.4 Å². The topological polar surface area (TPSA) is 90.2 Å². The van der Waals surface area contributed by atoms with Crippen LogP contribution in [0.2, 0.25) is 0 Å². The van der Waals surface area contributed by atoms with Crippen LogP contribution in [-0.4, -0.2) is 29.2 Å². The Balaban J connectivity index is 1.89. The fraction of sp³-hybridized carbons (Fsp3) is 0.176. The number of aromatic nitrogens is 2. The molecule has 2 aromatic carbocycles. The molecular formula is C17H16FN3O4S. The third kappa shape index (κ3) is 3.13. The highest BCUT2D eigenvalue weighted by Crippen LogP contribution is 2.19. The second-order valence-electron chi connectivity index (χ2n) is 5.84. The highest BCUT2D eigenvalue weighted by Gasteiger charge is 2.21. The molecule has 0 atom stereocenters. The molecule has 26 heavy (non-hydrogen) atoms. The number of carbonyl (C=O) groups excluding carboxylic acids is 1. The van der Waals surface area contributed by atoms with Gasteiger partial charge in [0.2, 0.25) is 5.91 Å². The molecule has 0 aliphatic carbocycles. The van der Waals surface area contributed by atoms with Crippen molar-refractivity contribution in [2.24, 2.45) is 14.1 Å². The number of hydrogen-bond acceptors (Lipinski definition) is 4. The lowest BCUT2D eigenvalue weighted by Crippen LogP contribution is -2.23. The van der Waals surface area contributed by atoms with Gasteiger partial charge in [0.1, 0.15) is 11.6 Å². The monoisotopic (exact) mass is 377 g/mol. The van der Waals surface area contributed by atoms with Gasteiger partial charge >= 0.3 is 5.69 Å². The number of halogens is 1. The Morgan fingerprint density at radius 2 is 1.73 bits per heavy atom. The Hall–Kier alpha value is -2.94. The van der Waals surface area contributed by atoms with Crippen molar-refractivity contribution < 1.29 is 17.6 Å². The third-order valence-corrected chi connectivity index (χ3v) is 5.69. The molecule has 0 saturated heterocycles. The summed E-state index contributed by atoms with van der Waals surface area (Å²) in [7, 11) is -0.846. The zero-order chi connectivity index (χ0) is 19.1. The lowest BCUT2D eigenvalue weighted by molar-refractivity contribution is -0.113. The quantitative estimate of drug-likeness (QED) is 0.745. The predicted octanol–water partition coefficient (Wildman–Crippen LogP) is 1.43. The molecular weight excluding hydrogens is 361 g/mol. The summed E-state index contributed by atoms with van der Waals surface area (Å²) in [5, 5.41) is 2.25. The Bertz CT molecular complexity index is 1180. The molecule has 9 heteroatoms. The van der Waals surface area contributed by atoms with Crippen LogP contribution in [0, 0.1) is 5.82 Å². The highest BCUT2D eigenvalue weighted by molar-refractivity contribution is 7.92. The van der Waals surface area contributed by atoms with Crippen LogP contribution >= 0.6 is 0 Å². The molecule has 1 heterocycles. The van der Waals surface area contributed by atoms with Crippen LogP contribution < -0.4 is 11.0 Å². The van der Waals surface area contributed by atoms with E-state index in [4.69, 9.17) is 0 Å². The molecule has 0 fully saturated rings. The molecule has 0 radical (unpaired) electrons. The number of aryl methyl sites for hydroxylation is 2. The first-order valence-corrected chi connectivity index (χ1v) is 9.28. The first-order valence-electron chi connectivity index (χ1n) is 7.63. The fourth-order valence-electron chi connectivity index (χ4n) is 2.68. The Morgan fingerprint density at radius 3 is 2.42 bits per heavy atom. The number of carbonyl (C=O) groups is 1. The molecule has 3 rings (SSSR count). The number of hydrogen-bond donors (Lipinski definition) is 1. The van der Waals surface area contributed by atoms with Gasteiger partial charge in [-0.3, -0.25) is 13.9 Å². The number of imidazole rings is 1. The van der Waals surface area contributed by atoms with E-state index >= 15 is 0 Å². The summed E-state index contributed by atoms with van der Waals surface area (Å²) in [6.07, 6.45) is 0. The maximum absolute atomic E-state index is 13.6. The average molecular weight is 377 g/mol. The molecule has 0 bridgehead atoms. The molecule has 3 aromatic rings. The van der Waals surface area contributed by atoms with Crippen LogP contribution in [0.5, 0.6) is 0 Å². The van der Waals surface area contributed by atoms with Crippen LogP contribution in [0.15, 0.2) is 52.2 Å². The molecule has 1 aromatic heterocycles. The van der Waals surface area contributed by atoms with Crippen molar-refractivity contribution in [1.29, 1.82) is 0 Å². The van der Waals surface area contributed by atoms with E-state index in [1.165, 1.54) is 52.6 Å². The summed E-state index contributed by atoms with van der Waals surface area (Å²) in [6.45, 7) is 0. The summed E-state index contributed by atoms with van der Waals surface area (Å²) in [5.74, 6) is -2.34. The van der Waals surface area contributed by atoms with E-state index in [0.29, 0.717) is 11.0 Å². The maximum Gasteiger partial charge on any atom is 0.328 e. The number of amides is 1. The smallest absolute Gasteiger partial charge is 0.323 e. The number of fused-ring (bicyclic) bond motifs is 1. The minimum atomic E-state index is -3.96. The van der Waals surface area contributed by atoms with E-state index in [2.05, 4.69) is 5.32 Å². The van der Waals surface area contributed by atoms with Gasteiger partial charge in [-0.1, -0.05) is 12.1 Å². The lowest BCUT2D eigenvalue weighted by Gasteiger charge is -2.08. The maximum atomic E-state index is 13.6. The van der Waals surface area contributed by atoms with Crippen molar-refractivity contribution in [2.75, 3.05) is 11.1 Å². The second kappa shape index (κ2) is 6.41. The summed E-state index contributed by atoms with van der Waals surface area (Å²) in [4.78, 5) is 23.9. The van der Waals surface area contributed by atoms with E-state index < -0.39 is 27.3 Å². The van der Waals surface area contributed by atoms with Crippen molar-refractivity contribution in [2.45, 2.75) is 4.90 Å². The molecule has 7 nitrogen and oxygen atoms in total. The minimum Gasteiger partial charge on any atom is -0.323 e. The molecule has 1 N–H and O–H groups in total. The van der Waals surface area contributed by atoms with Crippen molar-refractivity contribution in [1.82, 2.24) is 9.13 Å². The molecule has 136 valence electrons. The van der Waals surface area contributed by atoms with Gasteiger partial charge in [0, 0.05) is 14.1 Å². The van der Waals surface area contributed by atoms with Gasteiger partial charge in [-0.25, -0.2) is 17.6 Å². The third-order valence-electron chi connectivity index (χ3n) is 4.07. The van der Waals surface area contributed by atoms with Crippen molar-refractivity contribution in [3.63, 3.8) is 0 Å². The van der Waals surface area contributed by atoms with E-state index in [-0.39, 0.29) is 16.3 Å².